The van der Waals surface area contributed by atoms with Crippen LogP contribution in [0.25, 0.3) is 0 Å². The van der Waals surface area contributed by atoms with Gasteiger partial charge in [-0.15, -0.1) is 11.3 Å². The highest BCUT2D eigenvalue weighted by Crippen LogP contribution is 2.22. The van der Waals surface area contributed by atoms with E-state index in [2.05, 4.69) is 41.8 Å². The average Bonchev–Trinajstić information content (AvgIpc) is 2.83. The van der Waals surface area contributed by atoms with Crippen LogP contribution in [-0.2, 0) is 12.3 Å². The van der Waals surface area contributed by atoms with Crippen molar-refractivity contribution in [3.05, 3.63) is 44.0 Å². The summed E-state index contributed by atoms with van der Waals surface area (Å²) in [6.07, 6.45) is 0.942. The molecule has 0 aliphatic rings. The van der Waals surface area contributed by atoms with Crippen LogP contribution in [0.15, 0.2) is 24.2 Å². The number of hydrogen-bond donors (Lipinski definition) is 2. The summed E-state index contributed by atoms with van der Waals surface area (Å²) in [6.45, 7) is 1.68. The lowest BCUT2D eigenvalue weighted by atomic mass is 10.4. The number of hydrogen-bond acceptors (Lipinski definition) is 7. The molecular formula is C13H22N4O2S2. The van der Waals surface area contributed by atoms with Gasteiger partial charge in [0.2, 0.25) is 0 Å². The summed E-state index contributed by atoms with van der Waals surface area (Å²) in [6, 6.07) is 4.35. The Morgan fingerprint density at radius 1 is 1.48 bits per heavy atom. The maximum Gasteiger partial charge on any atom is 0.274 e. The summed E-state index contributed by atoms with van der Waals surface area (Å²) in [5.41, 5.74) is 0. The van der Waals surface area contributed by atoms with Crippen molar-refractivity contribution in [1.29, 1.82) is 0 Å². The van der Waals surface area contributed by atoms with E-state index in [-0.39, 0.29) is 0 Å². The topological polar surface area (TPSA) is 70.4 Å². The fourth-order valence-electron chi connectivity index (χ4n) is 1.63. The molecule has 0 aromatic carbocycles. The van der Waals surface area contributed by atoms with Crippen molar-refractivity contribution in [2.45, 2.75) is 12.3 Å². The molecule has 0 atom stereocenters. The van der Waals surface area contributed by atoms with Crippen LogP contribution >= 0.6 is 23.1 Å². The molecule has 0 fully saturated rings. The van der Waals surface area contributed by atoms with Gasteiger partial charge in [-0.05, 0) is 26.2 Å². The first-order valence-corrected chi connectivity index (χ1v) is 8.55. The average molecular weight is 330 g/mol. The Labute approximate surface area is 133 Å². The molecule has 8 heteroatoms. The van der Waals surface area contributed by atoms with Crippen LogP contribution in [0, 0.1) is 10.1 Å². The summed E-state index contributed by atoms with van der Waals surface area (Å²) in [5, 5.41) is 16.1. The zero-order chi connectivity index (χ0) is 15.7. The second-order valence-electron chi connectivity index (χ2n) is 4.66. The zero-order valence-corrected chi connectivity index (χ0v) is 14.2. The highest BCUT2D eigenvalue weighted by atomic mass is 32.2. The van der Waals surface area contributed by atoms with Gasteiger partial charge in [-0.3, -0.25) is 10.1 Å². The van der Waals surface area contributed by atoms with Gasteiger partial charge in [0.05, 0.1) is 4.92 Å². The van der Waals surface area contributed by atoms with Gasteiger partial charge in [0.1, 0.15) is 0 Å². The van der Waals surface area contributed by atoms with Gasteiger partial charge in [0.25, 0.3) is 6.20 Å². The minimum Gasteiger partial charge on any atom is -0.370 e. The van der Waals surface area contributed by atoms with Crippen molar-refractivity contribution in [1.82, 2.24) is 15.5 Å². The quantitative estimate of drug-likeness (QED) is 0.388. The van der Waals surface area contributed by atoms with Crippen molar-refractivity contribution >= 4 is 23.1 Å². The molecule has 0 bridgehead atoms. The predicted octanol–water partition coefficient (Wildman–Crippen LogP) is 1.93. The number of nitrogens with one attached hydrogen (secondary N) is 2. The van der Waals surface area contributed by atoms with Gasteiger partial charge >= 0.3 is 0 Å². The highest BCUT2D eigenvalue weighted by molar-refractivity contribution is 7.98. The zero-order valence-electron chi connectivity index (χ0n) is 12.6. The molecule has 21 heavy (non-hydrogen) atoms. The summed E-state index contributed by atoms with van der Waals surface area (Å²) in [4.78, 5) is 14.8. The normalized spacial score (nSPS) is 11.7. The number of nitrogens with zero attached hydrogens (tertiary/aromatic N) is 2. The van der Waals surface area contributed by atoms with E-state index in [0.29, 0.717) is 12.4 Å². The molecule has 1 aromatic heterocycles. The van der Waals surface area contributed by atoms with E-state index >= 15 is 0 Å². The van der Waals surface area contributed by atoms with Crippen LogP contribution in [0.5, 0.6) is 0 Å². The molecule has 0 spiro atoms. The van der Waals surface area contributed by atoms with Crippen LogP contribution in [0.4, 0.5) is 0 Å². The van der Waals surface area contributed by atoms with Gasteiger partial charge in [-0.1, -0.05) is 0 Å². The Bertz CT molecular complexity index is 474. The maximum atomic E-state index is 10.4. The van der Waals surface area contributed by atoms with E-state index in [0.717, 1.165) is 24.3 Å². The fourth-order valence-corrected chi connectivity index (χ4v) is 3.74. The lowest BCUT2D eigenvalue weighted by Crippen LogP contribution is -2.26. The van der Waals surface area contributed by atoms with Crippen molar-refractivity contribution in [3.8, 4) is 0 Å². The Kier molecular flexibility index (Phi) is 8.17. The SMILES string of the molecule is CNC(=C[N+](=O)[O-])NCCSCc1ccc(CN(C)C)s1. The third-order valence-corrected chi connectivity index (χ3v) is 4.76. The van der Waals surface area contributed by atoms with E-state index in [9.17, 15) is 10.1 Å². The van der Waals surface area contributed by atoms with E-state index in [1.807, 2.05) is 23.1 Å². The number of thioether (sulfide) groups is 1. The van der Waals surface area contributed by atoms with Gasteiger partial charge < -0.3 is 15.5 Å². The number of thiophene rings is 1. The maximum absolute atomic E-state index is 10.4. The second kappa shape index (κ2) is 9.64. The molecule has 0 amide bonds. The molecule has 6 nitrogen and oxygen atoms in total. The lowest BCUT2D eigenvalue weighted by molar-refractivity contribution is -0.404. The van der Waals surface area contributed by atoms with Crippen molar-refractivity contribution < 1.29 is 4.92 Å². The van der Waals surface area contributed by atoms with Crippen molar-refractivity contribution in [2.24, 2.45) is 0 Å². The minimum atomic E-state index is -0.468. The smallest absolute Gasteiger partial charge is 0.274 e. The lowest BCUT2D eigenvalue weighted by Gasteiger charge is -2.07. The molecule has 0 aliphatic carbocycles. The molecule has 1 heterocycles. The fraction of sp³-hybridized carbons (Fsp3) is 0.538. The Morgan fingerprint density at radius 3 is 2.81 bits per heavy atom. The van der Waals surface area contributed by atoms with Gasteiger partial charge in [-0.2, -0.15) is 11.8 Å². The summed E-state index contributed by atoms with van der Waals surface area (Å²) in [7, 11) is 5.79. The molecule has 0 saturated carbocycles. The standard InChI is InChI=1S/C13H22N4O2S2/c1-14-13(9-17(18)19)15-6-7-20-10-12-5-4-11(21-12)8-16(2)3/h4-5,9,14-15H,6-8,10H2,1-3H3. The molecule has 1 rings (SSSR count). The molecule has 0 aliphatic heterocycles. The Balaban J connectivity index is 2.22. The van der Waals surface area contributed by atoms with Gasteiger partial charge in [-0.25, -0.2) is 0 Å². The van der Waals surface area contributed by atoms with Crippen LogP contribution < -0.4 is 10.6 Å². The first-order valence-electron chi connectivity index (χ1n) is 6.58. The first-order chi connectivity index (χ1) is 10.0. The van der Waals surface area contributed by atoms with Crippen LogP contribution in [0.3, 0.4) is 0 Å². The number of nitro groups is 1. The van der Waals surface area contributed by atoms with Crippen molar-refractivity contribution in [3.63, 3.8) is 0 Å². The van der Waals surface area contributed by atoms with Crippen LogP contribution in [-0.4, -0.2) is 43.3 Å². The third-order valence-electron chi connectivity index (χ3n) is 2.50. The summed E-state index contributed by atoms with van der Waals surface area (Å²) in [5.74, 6) is 2.32. The monoisotopic (exact) mass is 330 g/mol. The molecule has 2 N–H and O–H groups in total. The second-order valence-corrected chi connectivity index (χ2v) is 7.02. The van der Waals surface area contributed by atoms with E-state index in [1.165, 1.54) is 9.75 Å². The molecule has 0 radical (unpaired) electrons. The summed E-state index contributed by atoms with van der Waals surface area (Å²) < 4.78 is 0. The predicted molar refractivity (Wildman–Crippen MR) is 90.0 cm³/mol. The van der Waals surface area contributed by atoms with Crippen LogP contribution in [0.1, 0.15) is 9.75 Å². The molecular weight excluding hydrogens is 308 g/mol. The molecule has 0 saturated heterocycles. The van der Waals surface area contributed by atoms with Crippen LogP contribution in [0.2, 0.25) is 0 Å². The molecule has 1 aromatic rings. The Hall–Kier alpha value is -1.25. The highest BCUT2D eigenvalue weighted by Gasteiger charge is 2.02. The third kappa shape index (κ3) is 7.93. The Morgan fingerprint density at radius 2 is 2.19 bits per heavy atom. The van der Waals surface area contributed by atoms with E-state index in [4.69, 9.17) is 0 Å². The van der Waals surface area contributed by atoms with Crippen molar-refractivity contribution in [2.75, 3.05) is 33.4 Å². The van der Waals surface area contributed by atoms with Gasteiger partial charge in [0, 0.05) is 41.4 Å². The van der Waals surface area contributed by atoms with E-state index < -0.39 is 4.92 Å². The summed E-state index contributed by atoms with van der Waals surface area (Å²) >= 11 is 3.66. The van der Waals surface area contributed by atoms with E-state index in [1.54, 1.807) is 7.05 Å². The minimum absolute atomic E-state index is 0.435. The first kappa shape index (κ1) is 17.8. The molecule has 118 valence electrons. The number of rotatable bonds is 10. The molecule has 0 unspecified atom stereocenters. The van der Waals surface area contributed by atoms with Gasteiger partial charge in [0.15, 0.2) is 5.82 Å². The largest absolute Gasteiger partial charge is 0.370 e.